The van der Waals surface area contributed by atoms with Gasteiger partial charge in [0, 0.05) is 11.4 Å². The van der Waals surface area contributed by atoms with Crippen molar-refractivity contribution in [3.8, 4) is 0 Å². The highest BCUT2D eigenvalue weighted by Gasteiger charge is 2.20. The molecule has 2 aromatic heterocycles. The van der Waals surface area contributed by atoms with Gasteiger partial charge in [0.2, 0.25) is 5.91 Å². The minimum atomic E-state index is -1.16. The van der Waals surface area contributed by atoms with Crippen molar-refractivity contribution in [2.75, 3.05) is 5.32 Å². The van der Waals surface area contributed by atoms with Gasteiger partial charge in [-0.3, -0.25) is 9.59 Å². The molecule has 0 aromatic carbocycles. The zero-order valence-electron chi connectivity index (χ0n) is 11.5. The van der Waals surface area contributed by atoms with Gasteiger partial charge in [0.1, 0.15) is 5.92 Å². The first-order valence-corrected chi connectivity index (χ1v) is 6.27. The fraction of sp³-hybridized carbons (Fsp3) is 0.385. The number of carboxylic acids is 1. The van der Waals surface area contributed by atoms with Crippen molar-refractivity contribution in [3.63, 3.8) is 0 Å². The molecule has 2 rings (SSSR count). The molecular formula is C13H16N4O3. The summed E-state index contributed by atoms with van der Waals surface area (Å²) >= 11 is 0. The van der Waals surface area contributed by atoms with Crippen molar-refractivity contribution in [2.24, 2.45) is 5.92 Å². The number of pyridine rings is 1. The Bertz CT molecular complexity index is 663. The van der Waals surface area contributed by atoms with Crippen LogP contribution in [0.15, 0.2) is 18.5 Å². The van der Waals surface area contributed by atoms with Gasteiger partial charge in [-0.15, -0.1) is 0 Å². The Morgan fingerprint density at radius 3 is 2.60 bits per heavy atom. The molecule has 0 spiro atoms. The molecule has 0 aliphatic carbocycles. The van der Waals surface area contributed by atoms with Crippen LogP contribution in [-0.2, 0) is 9.59 Å². The average molecular weight is 276 g/mol. The summed E-state index contributed by atoms with van der Waals surface area (Å²) in [5, 5.41) is 16.3. The third kappa shape index (κ3) is 2.61. The fourth-order valence-corrected chi connectivity index (χ4v) is 1.75. The molecule has 20 heavy (non-hydrogen) atoms. The average Bonchev–Trinajstić information content (AvgIpc) is 2.80. The smallest absolute Gasteiger partial charge is 0.315 e. The first-order valence-electron chi connectivity index (χ1n) is 6.27. The molecule has 0 aliphatic heterocycles. The SMILES string of the molecule is CC(C(=O)O)C(=O)Nc1cnc2c(cnn2C(C)C)c1. The second-order valence-corrected chi connectivity index (χ2v) is 4.87. The summed E-state index contributed by atoms with van der Waals surface area (Å²) in [5.41, 5.74) is 1.18. The van der Waals surface area contributed by atoms with E-state index in [0.29, 0.717) is 5.69 Å². The number of carbonyl (C=O) groups is 2. The van der Waals surface area contributed by atoms with Crippen molar-refractivity contribution in [2.45, 2.75) is 26.8 Å². The van der Waals surface area contributed by atoms with E-state index in [4.69, 9.17) is 5.11 Å². The summed E-state index contributed by atoms with van der Waals surface area (Å²) in [4.78, 5) is 26.7. The van der Waals surface area contributed by atoms with Crippen LogP contribution >= 0.6 is 0 Å². The van der Waals surface area contributed by atoms with Crippen LogP contribution < -0.4 is 5.32 Å². The van der Waals surface area contributed by atoms with E-state index in [-0.39, 0.29) is 6.04 Å². The maximum Gasteiger partial charge on any atom is 0.315 e. The van der Waals surface area contributed by atoms with Gasteiger partial charge in [-0.1, -0.05) is 0 Å². The molecule has 1 amide bonds. The second-order valence-electron chi connectivity index (χ2n) is 4.87. The summed E-state index contributed by atoms with van der Waals surface area (Å²) in [6, 6.07) is 1.91. The van der Waals surface area contributed by atoms with E-state index in [9.17, 15) is 9.59 Å². The van der Waals surface area contributed by atoms with Gasteiger partial charge in [-0.2, -0.15) is 5.10 Å². The molecule has 7 heteroatoms. The van der Waals surface area contributed by atoms with Gasteiger partial charge in [0.25, 0.3) is 0 Å². The molecule has 0 saturated carbocycles. The lowest BCUT2D eigenvalue weighted by atomic mass is 10.1. The van der Waals surface area contributed by atoms with Crippen LogP contribution in [-0.4, -0.2) is 31.7 Å². The normalized spacial score (nSPS) is 12.6. The molecule has 0 aliphatic rings. The number of rotatable bonds is 4. The molecule has 1 unspecified atom stereocenters. The van der Waals surface area contributed by atoms with Crippen molar-refractivity contribution in [3.05, 3.63) is 18.5 Å². The molecule has 0 saturated heterocycles. The Hall–Kier alpha value is -2.44. The van der Waals surface area contributed by atoms with Crippen LogP contribution in [0.4, 0.5) is 5.69 Å². The fourth-order valence-electron chi connectivity index (χ4n) is 1.75. The summed E-state index contributed by atoms with van der Waals surface area (Å²) in [7, 11) is 0. The lowest BCUT2D eigenvalue weighted by Crippen LogP contribution is -2.26. The Balaban J connectivity index is 2.25. The van der Waals surface area contributed by atoms with Crippen LogP contribution in [0.1, 0.15) is 26.8 Å². The van der Waals surface area contributed by atoms with E-state index in [1.807, 2.05) is 13.8 Å². The molecule has 106 valence electrons. The molecule has 0 fully saturated rings. The molecule has 7 nitrogen and oxygen atoms in total. The number of hydrogen-bond donors (Lipinski definition) is 2. The molecule has 0 radical (unpaired) electrons. The van der Waals surface area contributed by atoms with Crippen molar-refractivity contribution in [1.29, 1.82) is 0 Å². The van der Waals surface area contributed by atoms with Crippen LogP contribution in [0.3, 0.4) is 0 Å². The largest absolute Gasteiger partial charge is 0.481 e. The third-order valence-electron chi connectivity index (χ3n) is 2.95. The standard InChI is InChI=1S/C13H16N4O3/c1-7(2)17-11-9(5-15-17)4-10(6-14-11)16-12(18)8(3)13(19)20/h4-8H,1-3H3,(H,16,18)(H,19,20). The lowest BCUT2D eigenvalue weighted by Gasteiger charge is -2.09. The topological polar surface area (TPSA) is 97.1 Å². The predicted octanol–water partition coefficient (Wildman–Crippen LogP) is 1.67. The molecule has 0 bridgehead atoms. The Morgan fingerprint density at radius 2 is 2.00 bits per heavy atom. The minimum Gasteiger partial charge on any atom is -0.481 e. The Labute approximate surface area is 115 Å². The monoisotopic (exact) mass is 276 g/mol. The molecular weight excluding hydrogens is 260 g/mol. The first kappa shape index (κ1) is 14.0. The Morgan fingerprint density at radius 1 is 1.30 bits per heavy atom. The zero-order valence-corrected chi connectivity index (χ0v) is 11.5. The van der Waals surface area contributed by atoms with Crippen LogP contribution in [0.2, 0.25) is 0 Å². The zero-order chi connectivity index (χ0) is 14.9. The quantitative estimate of drug-likeness (QED) is 0.828. The number of carbonyl (C=O) groups excluding carboxylic acids is 1. The van der Waals surface area contributed by atoms with Crippen molar-refractivity contribution >= 4 is 28.6 Å². The minimum absolute atomic E-state index is 0.187. The number of hydrogen-bond acceptors (Lipinski definition) is 4. The number of aliphatic carboxylic acids is 1. The number of carboxylic acid groups (broad SMARTS) is 1. The first-order chi connectivity index (χ1) is 9.40. The van der Waals surface area contributed by atoms with Gasteiger partial charge in [-0.25, -0.2) is 9.67 Å². The summed E-state index contributed by atoms with van der Waals surface area (Å²) < 4.78 is 1.78. The van der Waals surface area contributed by atoms with Crippen molar-refractivity contribution in [1.82, 2.24) is 14.8 Å². The molecule has 2 N–H and O–H groups in total. The number of fused-ring (bicyclic) bond motifs is 1. The Kier molecular flexibility index (Phi) is 3.69. The highest BCUT2D eigenvalue weighted by molar-refractivity contribution is 6.04. The van der Waals surface area contributed by atoms with Gasteiger partial charge < -0.3 is 10.4 Å². The van der Waals surface area contributed by atoms with Gasteiger partial charge in [0.05, 0.1) is 18.1 Å². The summed E-state index contributed by atoms with van der Waals surface area (Å²) in [6.07, 6.45) is 3.16. The molecule has 2 heterocycles. The van der Waals surface area contributed by atoms with Crippen LogP contribution in [0, 0.1) is 5.92 Å². The highest BCUT2D eigenvalue weighted by Crippen LogP contribution is 2.19. The number of nitrogens with zero attached hydrogens (tertiary/aromatic N) is 3. The van der Waals surface area contributed by atoms with Crippen LogP contribution in [0.5, 0.6) is 0 Å². The predicted molar refractivity (Wildman–Crippen MR) is 73.3 cm³/mol. The van der Waals surface area contributed by atoms with E-state index in [2.05, 4.69) is 15.4 Å². The number of nitrogens with one attached hydrogen (secondary N) is 1. The van der Waals surface area contributed by atoms with Crippen LogP contribution in [0.25, 0.3) is 11.0 Å². The highest BCUT2D eigenvalue weighted by atomic mass is 16.4. The summed E-state index contributed by atoms with van der Waals surface area (Å²) in [6.45, 7) is 5.33. The van der Waals surface area contributed by atoms with E-state index in [1.54, 1.807) is 16.9 Å². The van der Waals surface area contributed by atoms with Crippen molar-refractivity contribution < 1.29 is 14.7 Å². The lowest BCUT2D eigenvalue weighted by molar-refractivity contribution is -0.144. The van der Waals surface area contributed by atoms with E-state index in [1.165, 1.54) is 13.1 Å². The van der Waals surface area contributed by atoms with E-state index in [0.717, 1.165) is 11.0 Å². The molecule has 2 aromatic rings. The van der Waals surface area contributed by atoms with Gasteiger partial charge in [0.15, 0.2) is 5.65 Å². The van der Waals surface area contributed by atoms with E-state index >= 15 is 0 Å². The maximum atomic E-state index is 11.7. The van der Waals surface area contributed by atoms with Gasteiger partial charge in [-0.05, 0) is 26.8 Å². The number of amides is 1. The number of anilines is 1. The maximum absolute atomic E-state index is 11.7. The van der Waals surface area contributed by atoms with E-state index < -0.39 is 17.8 Å². The second kappa shape index (κ2) is 5.28. The van der Waals surface area contributed by atoms with Gasteiger partial charge >= 0.3 is 5.97 Å². The summed E-state index contributed by atoms with van der Waals surface area (Å²) in [5.74, 6) is -2.84. The third-order valence-corrected chi connectivity index (χ3v) is 2.95. The molecule has 1 atom stereocenters. The number of aromatic nitrogens is 3.